The molecular formula is C11H15FN6. The number of halogens is 1. The van der Waals surface area contributed by atoms with Crippen molar-refractivity contribution in [2.45, 2.75) is 25.9 Å². The Morgan fingerprint density at radius 2 is 2.33 bits per heavy atom. The molecule has 6 nitrogen and oxygen atoms in total. The average molecular weight is 250 g/mol. The number of aromatic nitrogens is 4. The first-order valence-corrected chi connectivity index (χ1v) is 5.71. The van der Waals surface area contributed by atoms with Crippen LogP contribution in [0.15, 0.2) is 24.7 Å². The van der Waals surface area contributed by atoms with Crippen LogP contribution in [0.1, 0.15) is 30.6 Å². The van der Waals surface area contributed by atoms with Gasteiger partial charge in [-0.25, -0.2) is 14.5 Å². The zero-order chi connectivity index (χ0) is 13.0. The number of hydrogen-bond donors (Lipinski definition) is 2. The number of nitrogens with two attached hydrogens (primary N) is 1. The van der Waals surface area contributed by atoms with Gasteiger partial charge in [-0.05, 0) is 12.5 Å². The Balaban J connectivity index is 2.39. The van der Waals surface area contributed by atoms with E-state index in [1.165, 1.54) is 6.20 Å². The van der Waals surface area contributed by atoms with Crippen LogP contribution in [-0.4, -0.2) is 20.0 Å². The molecule has 2 aromatic rings. The van der Waals surface area contributed by atoms with Crippen LogP contribution in [0.5, 0.6) is 0 Å². The van der Waals surface area contributed by atoms with Crippen molar-refractivity contribution in [3.05, 3.63) is 41.7 Å². The van der Waals surface area contributed by atoms with Crippen LogP contribution >= 0.6 is 0 Å². The third-order valence-electron chi connectivity index (χ3n) is 2.66. The lowest BCUT2D eigenvalue weighted by Gasteiger charge is -2.17. The first-order chi connectivity index (χ1) is 8.77. The molecule has 2 rings (SSSR count). The van der Waals surface area contributed by atoms with Gasteiger partial charge in [0.15, 0.2) is 0 Å². The molecule has 0 saturated heterocycles. The average Bonchev–Trinajstić information content (AvgIpc) is 2.82. The molecule has 0 bridgehead atoms. The summed E-state index contributed by atoms with van der Waals surface area (Å²) in [4.78, 5) is 3.72. The number of pyridine rings is 1. The highest BCUT2D eigenvalue weighted by Gasteiger charge is 2.20. The van der Waals surface area contributed by atoms with Gasteiger partial charge >= 0.3 is 0 Å². The van der Waals surface area contributed by atoms with E-state index in [1.807, 2.05) is 6.92 Å². The lowest BCUT2D eigenvalue weighted by molar-refractivity contribution is 0.495. The molecule has 18 heavy (non-hydrogen) atoms. The number of aryl methyl sites for hydroxylation is 1. The lowest BCUT2D eigenvalue weighted by Crippen LogP contribution is -2.31. The second kappa shape index (κ2) is 5.65. The van der Waals surface area contributed by atoms with Crippen molar-refractivity contribution in [1.29, 1.82) is 0 Å². The quantitative estimate of drug-likeness (QED) is 0.605. The Hall–Kier alpha value is -1.86. The van der Waals surface area contributed by atoms with Crippen LogP contribution in [0.2, 0.25) is 0 Å². The van der Waals surface area contributed by atoms with E-state index >= 15 is 0 Å². The van der Waals surface area contributed by atoms with Crippen LogP contribution < -0.4 is 11.3 Å². The zero-order valence-corrected chi connectivity index (χ0v) is 10.0. The summed E-state index contributed by atoms with van der Waals surface area (Å²) in [5.41, 5.74) is 3.74. The van der Waals surface area contributed by atoms with E-state index < -0.39 is 11.9 Å². The van der Waals surface area contributed by atoms with E-state index in [2.05, 4.69) is 20.7 Å². The molecule has 0 aliphatic heterocycles. The van der Waals surface area contributed by atoms with Gasteiger partial charge in [0, 0.05) is 18.3 Å². The fourth-order valence-corrected chi connectivity index (χ4v) is 1.83. The van der Waals surface area contributed by atoms with Gasteiger partial charge in [-0.3, -0.25) is 10.8 Å². The van der Waals surface area contributed by atoms with Gasteiger partial charge in [0.05, 0.1) is 24.1 Å². The minimum absolute atomic E-state index is 0.412. The minimum atomic E-state index is -0.491. The molecule has 7 heteroatoms. The molecule has 1 unspecified atom stereocenters. The molecular weight excluding hydrogens is 235 g/mol. The van der Waals surface area contributed by atoms with Crippen LogP contribution in [0.3, 0.4) is 0 Å². The van der Waals surface area contributed by atoms with Gasteiger partial charge in [-0.15, -0.1) is 5.10 Å². The predicted octanol–water partition coefficient (Wildman–Crippen LogP) is 0.775. The molecule has 2 aromatic heterocycles. The summed E-state index contributed by atoms with van der Waals surface area (Å²) in [7, 11) is 0. The summed E-state index contributed by atoms with van der Waals surface area (Å²) >= 11 is 0. The van der Waals surface area contributed by atoms with Gasteiger partial charge in [0.1, 0.15) is 5.82 Å². The molecule has 96 valence electrons. The maximum absolute atomic E-state index is 13.7. The highest BCUT2D eigenvalue weighted by Crippen LogP contribution is 2.22. The SMILES string of the molecule is CCCn1nncc1C(NN)c1ccncc1F. The largest absolute Gasteiger partial charge is 0.271 e. The molecule has 3 N–H and O–H groups in total. The standard InChI is InChI=1S/C11H15FN6/c1-2-5-18-10(7-15-17-18)11(16-13)8-3-4-14-6-9(8)12/h3-4,6-7,11,16H,2,5,13H2,1H3. The van der Waals surface area contributed by atoms with E-state index in [1.54, 1.807) is 16.9 Å². The Morgan fingerprint density at radius 3 is 3.00 bits per heavy atom. The lowest BCUT2D eigenvalue weighted by atomic mass is 10.1. The van der Waals surface area contributed by atoms with E-state index in [-0.39, 0.29) is 0 Å². The molecule has 0 spiro atoms. The molecule has 0 fully saturated rings. The Bertz CT molecular complexity index is 512. The third kappa shape index (κ3) is 2.36. The van der Waals surface area contributed by atoms with Crippen molar-refractivity contribution in [2.75, 3.05) is 0 Å². The van der Waals surface area contributed by atoms with E-state index in [9.17, 15) is 4.39 Å². The van der Waals surface area contributed by atoms with Crippen molar-refractivity contribution < 1.29 is 4.39 Å². The zero-order valence-electron chi connectivity index (χ0n) is 10.0. The van der Waals surface area contributed by atoms with Crippen LogP contribution in [0, 0.1) is 5.82 Å². The fourth-order valence-electron chi connectivity index (χ4n) is 1.83. The predicted molar refractivity (Wildman–Crippen MR) is 63.7 cm³/mol. The monoisotopic (exact) mass is 250 g/mol. The summed E-state index contributed by atoms with van der Waals surface area (Å²) < 4.78 is 15.4. The smallest absolute Gasteiger partial charge is 0.146 e. The van der Waals surface area contributed by atoms with Gasteiger partial charge in [0.2, 0.25) is 0 Å². The van der Waals surface area contributed by atoms with Crippen LogP contribution in [0.4, 0.5) is 4.39 Å². The molecule has 0 amide bonds. The molecule has 2 heterocycles. The van der Waals surface area contributed by atoms with Crippen molar-refractivity contribution >= 4 is 0 Å². The van der Waals surface area contributed by atoms with E-state index in [4.69, 9.17) is 5.84 Å². The number of nitrogens with zero attached hydrogens (tertiary/aromatic N) is 4. The number of hydrogen-bond acceptors (Lipinski definition) is 5. The van der Waals surface area contributed by atoms with Gasteiger partial charge < -0.3 is 0 Å². The normalized spacial score (nSPS) is 12.6. The van der Waals surface area contributed by atoms with E-state index in [0.717, 1.165) is 18.3 Å². The van der Waals surface area contributed by atoms with E-state index in [0.29, 0.717) is 12.1 Å². The van der Waals surface area contributed by atoms with Crippen LogP contribution in [-0.2, 0) is 6.54 Å². The Morgan fingerprint density at radius 1 is 1.50 bits per heavy atom. The summed E-state index contributed by atoms with van der Waals surface area (Å²) in [5, 5.41) is 7.81. The molecule has 0 saturated carbocycles. The van der Waals surface area contributed by atoms with Crippen molar-refractivity contribution in [1.82, 2.24) is 25.4 Å². The third-order valence-corrected chi connectivity index (χ3v) is 2.66. The highest BCUT2D eigenvalue weighted by molar-refractivity contribution is 5.25. The molecule has 0 aliphatic carbocycles. The van der Waals surface area contributed by atoms with Crippen molar-refractivity contribution in [3.63, 3.8) is 0 Å². The summed E-state index contributed by atoms with van der Waals surface area (Å²) in [5.74, 6) is 5.11. The first-order valence-electron chi connectivity index (χ1n) is 5.71. The number of hydrazine groups is 1. The topological polar surface area (TPSA) is 81.7 Å². The maximum Gasteiger partial charge on any atom is 0.146 e. The van der Waals surface area contributed by atoms with Crippen molar-refractivity contribution in [3.8, 4) is 0 Å². The number of rotatable bonds is 5. The van der Waals surface area contributed by atoms with Gasteiger partial charge in [0.25, 0.3) is 0 Å². The highest BCUT2D eigenvalue weighted by atomic mass is 19.1. The molecule has 0 aromatic carbocycles. The second-order valence-electron chi connectivity index (χ2n) is 3.88. The van der Waals surface area contributed by atoms with Crippen molar-refractivity contribution in [2.24, 2.45) is 5.84 Å². The Labute approximate surface area is 104 Å². The van der Waals surface area contributed by atoms with Gasteiger partial charge in [-0.2, -0.15) is 0 Å². The van der Waals surface area contributed by atoms with Crippen LogP contribution in [0.25, 0.3) is 0 Å². The second-order valence-corrected chi connectivity index (χ2v) is 3.88. The fraction of sp³-hybridized carbons (Fsp3) is 0.364. The number of nitrogens with one attached hydrogen (secondary N) is 1. The minimum Gasteiger partial charge on any atom is -0.271 e. The molecule has 0 aliphatic rings. The Kier molecular flexibility index (Phi) is 3.96. The first kappa shape index (κ1) is 12.6. The van der Waals surface area contributed by atoms with Gasteiger partial charge in [-0.1, -0.05) is 12.1 Å². The maximum atomic E-state index is 13.7. The summed E-state index contributed by atoms with van der Waals surface area (Å²) in [6.45, 7) is 2.74. The summed E-state index contributed by atoms with van der Waals surface area (Å²) in [6.07, 6.45) is 5.18. The molecule has 0 radical (unpaired) electrons. The summed E-state index contributed by atoms with van der Waals surface area (Å²) in [6, 6.07) is 1.10. The molecule has 1 atom stereocenters.